The standard InChI is InChI=1S/C25H21ClN4O2/c1-32-21-14-12-19(13-15-21)24-28-25(27-17-20-9-5-6-10-22(20)26)30(29-24)23(31)16-11-18-7-3-2-4-8-18/h2-16H,17H2,1H3,(H,27,28,29). The van der Waals surface area contributed by atoms with Gasteiger partial charge in [0.05, 0.1) is 7.11 Å². The number of nitrogens with zero attached hydrogens (tertiary/aromatic N) is 3. The van der Waals surface area contributed by atoms with Crippen LogP contribution in [0, 0.1) is 0 Å². The van der Waals surface area contributed by atoms with Crippen LogP contribution in [0.1, 0.15) is 15.9 Å². The highest BCUT2D eigenvalue weighted by Gasteiger charge is 2.16. The first-order chi connectivity index (χ1) is 15.6. The average Bonchev–Trinajstić information content (AvgIpc) is 3.27. The van der Waals surface area contributed by atoms with Crippen LogP contribution >= 0.6 is 11.6 Å². The second kappa shape index (κ2) is 9.94. The molecule has 3 aromatic carbocycles. The van der Waals surface area contributed by atoms with Crippen molar-refractivity contribution in [1.29, 1.82) is 0 Å². The molecule has 0 unspecified atom stereocenters. The van der Waals surface area contributed by atoms with Gasteiger partial charge in [0.2, 0.25) is 5.95 Å². The van der Waals surface area contributed by atoms with Gasteiger partial charge in [0.25, 0.3) is 5.91 Å². The molecule has 0 aliphatic heterocycles. The van der Waals surface area contributed by atoms with E-state index in [1.807, 2.05) is 78.9 Å². The normalized spacial score (nSPS) is 10.9. The molecule has 0 bridgehead atoms. The first-order valence-corrected chi connectivity index (χ1v) is 10.4. The number of ether oxygens (including phenoxy) is 1. The van der Waals surface area contributed by atoms with E-state index in [1.54, 1.807) is 13.2 Å². The maximum absolute atomic E-state index is 12.9. The third-order valence-corrected chi connectivity index (χ3v) is 5.15. The molecular formula is C25H21ClN4O2. The number of halogens is 1. The predicted octanol–water partition coefficient (Wildman–Crippen LogP) is 5.57. The summed E-state index contributed by atoms with van der Waals surface area (Å²) in [6.07, 6.45) is 3.22. The van der Waals surface area contributed by atoms with Crippen molar-refractivity contribution in [3.63, 3.8) is 0 Å². The van der Waals surface area contributed by atoms with Crippen LogP contribution in [0.25, 0.3) is 17.5 Å². The van der Waals surface area contributed by atoms with Gasteiger partial charge >= 0.3 is 0 Å². The first kappa shape index (κ1) is 21.3. The summed E-state index contributed by atoms with van der Waals surface area (Å²) in [5.41, 5.74) is 2.58. The van der Waals surface area contributed by atoms with Crippen LogP contribution in [0.5, 0.6) is 5.75 Å². The number of hydrogen-bond acceptors (Lipinski definition) is 5. The van der Waals surface area contributed by atoms with Crippen LogP contribution in [0.3, 0.4) is 0 Å². The molecule has 32 heavy (non-hydrogen) atoms. The highest BCUT2D eigenvalue weighted by atomic mass is 35.5. The van der Waals surface area contributed by atoms with E-state index in [-0.39, 0.29) is 5.91 Å². The predicted molar refractivity (Wildman–Crippen MR) is 127 cm³/mol. The van der Waals surface area contributed by atoms with Gasteiger partial charge in [0.1, 0.15) is 5.75 Å². The number of carbonyl (C=O) groups excluding carboxylic acids is 1. The quantitative estimate of drug-likeness (QED) is 0.377. The first-order valence-electron chi connectivity index (χ1n) is 10.0. The molecule has 0 aliphatic rings. The molecule has 4 rings (SSSR count). The molecular weight excluding hydrogens is 424 g/mol. The Morgan fingerprint density at radius 2 is 1.75 bits per heavy atom. The average molecular weight is 445 g/mol. The number of anilines is 1. The second-order valence-corrected chi connectivity index (χ2v) is 7.33. The maximum Gasteiger partial charge on any atom is 0.274 e. The molecule has 0 spiro atoms. The summed E-state index contributed by atoms with van der Waals surface area (Å²) in [6.45, 7) is 0.399. The Kier molecular flexibility index (Phi) is 6.63. The number of carbonyl (C=O) groups is 1. The van der Waals surface area contributed by atoms with Crippen LogP contribution in [-0.2, 0) is 6.54 Å². The van der Waals surface area contributed by atoms with E-state index >= 15 is 0 Å². The molecule has 0 fully saturated rings. The van der Waals surface area contributed by atoms with Gasteiger partial charge in [-0.3, -0.25) is 4.79 Å². The number of nitrogens with one attached hydrogen (secondary N) is 1. The molecule has 1 heterocycles. The van der Waals surface area contributed by atoms with E-state index in [1.165, 1.54) is 10.8 Å². The Bertz CT molecular complexity index is 1230. The molecule has 0 amide bonds. The van der Waals surface area contributed by atoms with Crippen molar-refractivity contribution < 1.29 is 9.53 Å². The Labute approximate surface area is 191 Å². The lowest BCUT2D eigenvalue weighted by molar-refractivity contribution is 0.0957. The molecule has 0 radical (unpaired) electrons. The molecule has 1 aromatic heterocycles. The van der Waals surface area contributed by atoms with Crippen molar-refractivity contribution in [1.82, 2.24) is 14.8 Å². The Morgan fingerprint density at radius 1 is 1.03 bits per heavy atom. The molecule has 0 saturated heterocycles. The summed E-state index contributed by atoms with van der Waals surface area (Å²) >= 11 is 6.27. The summed E-state index contributed by atoms with van der Waals surface area (Å²) in [5.74, 6) is 1.17. The van der Waals surface area contributed by atoms with E-state index in [2.05, 4.69) is 15.4 Å². The van der Waals surface area contributed by atoms with Crippen molar-refractivity contribution in [3.05, 3.63) is 101 Å². The topological polar surface area (TPSA) is 69.0 Å². The van der Waals surface area contributed by atoms with Gasteiger partial charge in [-0.05, 0) is 47.5 Å². The molecule has 0 saturated carbocycles. The van der Waals surface area contributed by atoms with Crippen molar-refractivity contribution >= 4 is 29.5 Å². The molecule has 0 aliphatic carbocycles. The third-order valence-electron chi connectivity index (χ3n) is 4.78. The van der Waals surface area contributed by atoms with Crippen molar-refractivity contribution in [3.8, 4) is 17.1 Å². The van der Waals surface area contributed by atoms with E-state index < -0.39 is 0 Å². The van der Waals surface area contributed by atoms with Crippen LogP contribution in [0.15, 0.2) is 84.9 Å². The number of hydrogen-bond donors (Lipinski definition) is 1. The Morgan fingerprint density at radius 3 is 2.47 bits per heavy atom. The number of rotatable bonds is 7. The van der Waals surface area contributed by atoms with Gasteiger partial charge in [0.15, 0.2) is 5.82 Å². The lowest BCUT2D eigenvalue weighted by atomic mass is 10.2. The number of benzene rings is 3. The molecule has 7 heteroatoms. The van der Waals surface area contributed by atoms with Crippen LogP contribution in [-0.4, -0.2) is 27.8 Å². The van der Waals surface area contributed by atoms with E-state index in [0.29, 0.717) is 23.3 Å². The van der Waals surface area contributed by atoms with Crippen molar-refractivity contribution in [2.75, 3.05) is 12.4 Å². The van der Waals surface area contributed by atoms with Gasteiger partial charge in [0, 0.05) is 23.2 Å². The number of methoxy groups -OCH3 is 1. The number of aromatic nitrogens is 3. The second-order valence-electron chi connectivity index (χ2n) is 6.93. The van der Waals surface area contributed by atoms with Gasteiger partial charge in [-0.25, -0.2) is 0 Å². The smallest absolute Gasteiger partial charge is 0.274 e. The summed E-state index contributed by atoms with van der Waals surface area (Å²) in [4.78, 5) is 17.5. The zero-order valence-electron chi connectivity index (χ0n) is 17.4. The summed E-state index contributed by atoms with van der Waals surface area (Å²) < 4.78 is 6.47. The van der Waals surface area contributed by atoms with Gasteiger partial charge in [-0.1, -0.05) is 60.1 Å². The van der Waals surface area contributed by atoms with Gasteiger partial charge in [-0.2, -0.15) is 9.67 Å². The highest BCUT2D eigenvalue weighted by Crippen LogP contribution is 2.22. The fourth-order valence-electron chi connectivity index (χ4n) is 3.06. The van der Waals surface area contributed by atoms with Crippen molar-refractivity contribution in [2.45, 2.75) is 6.54 Å². The fraction of sp³-hybridized carbons (Fsp3) is 0.0800. The molecule has 160 valence electrons. The zero-order valence-corrected chi connectivity index (χ0v) is 18.2. The van der Waals surface area contributed by atoms with E-state index in [0.717, 1.165) is 22.4 Å². The largest absolute Gasteiger partial charge is 0.497 e. The summed E-state index contributed by atoms with van der Waals surface area (Å²) in [6, 6.07) is 24.4. The molecule has 0 atom stereocenters. The van der Waals surface area contributed by atoms with Gasteiger partial charge < -0.3 is 10.1 Å². The monoisotopic (exact) mass is 444 g/mol. The molecule has 1 N–H and O–H groups in total. The number of allylic oxidation sites excluding steroid dienone is 1. The molecule has 6 nitrogen and oxygen atoms in total. The maximum atomic E-state index is 12.9. The SMILES string of the molecule is COc1ccc(-c2nc(NCc3ccccc3Cl)n(C(=O)C=Cc3ccccc3)n2)cc1. The third kappa shape index (κ3) is 5.04. The van der Waals surface area contributed by atoms with Crippen LogP contribution < -0.4 is 10.1 Å². The Hall–Kier alpha value is -3.90. The highest BCUT2D eigenvalue weighted by molar-refractivity contribution is 6.31. The lowest BCUT2D eigenvalue weighted by Crippen LogP contribution is -2.14. The minimum absolute atomic E-state index is 0.317. The van der Waals surface area contributed by atoms with E-state index in [9.17, 15) is 4.79 Å². The van der Waals surface area contributed by atoms with Crippen molar-refractivity contribution in [2.24, 2.45) is 0 Å². The van der Waals surface area contributed by atoms with Crippen LogP contribution in [0.2, 0.25) is 5.02 Å². The van der Waals surface area contributed by atoms with Crippen LogP contribution in [0.4, 0.5) is 5.95 Å². The lowest BCUT2D eigenvalue weighted by Gasteiger charge is -2.07. The molecule has 4 aromatic rings. The Balaban J connectivity index is 1.64. The minimum Gasteiger partial charge on any atom is -0.497 e. The summed E-state index contributed by atoms with van der Waals surface area (Å²) in [5, 5.41) is 8.27. The minimum atomic E-state index is -0.317. The zero-order chi connectivity index (χ0) is 22.3. The fourth-order valence-corrected chi connectivity index (χ4v) is 3.26. The van der Waals surface area contributed by atoms with E-state index in [4.69, 9.17) is 16.3 Å². The summed E-state index contributed by atoms with van der Waals surface area (Å²) in [7, 11) is 1.61. The van der Waals surface area contributed by atoms with Gasteiger partial charge in [-0.15, -0.1) is 5.10 Å².